The third kappa shape index (κ3) is 2.90. The molecule has 0 aliphatic rings. The summed E-state index contributed by atoms with van der Waals surface area (Å²) in [5, 5.41) is 13.0. The standard InChI is InChI=1S/C14H18BrN5/c1-4-8-20-14(16)13(10(3)19-20)18-17-12-7-5-6-11(15)9(12)2/h5-7H,4,8,16H2,1-3H3. The van der Waals surface area contributed by atoms with E-state index in [0.717, 1.165) is 34.4 Å². The highest BCUT2D eigenvalue weighted by molar-refractivity contribution is 9.10. The predicted octanol–water partition coefficient (Wildman–Crippen LogP) is 4.67. The number of nitrogen functional groups attached to an aromatic ring is 1. The highest BCUT2D eigenvalue weighted by atomic mass is 79.9. The largest absolute Gasteiger partial charge is 0.382 e. The fourth-order valence-electron chi connectivity index (χ4n) is 1.90. The molecule has 2 rings (SSSR count). The fraction of sp³-hybridized carbons (Fsp3) is 0.357. The molecule has 0 atom stereocenters. The second kappa shape index (κ2) is 6.17. The lowest BCUT2D eigenvalue weighted by Crippen LogP contribution is -2.03. The normalized spacial score (nSPS) is 11.4. The maximum atomic E-state index is 6.06. The van der Waals surface area contributed by atoms with Crippen LogP contribution in [0.1, 0.15) is 24.6 Å². The summed E-state index contributed by atoms with van der Waals surface area (Å²) in [7, 11) is 0. The summed E-state index contributed by atoms with van der Waals surface area (Å²) in [4.78, 5) is 0. The molecule has 2 N–H and O–H groups in total. The second-order valence-corrected chi connectivity index (χ2v) is 5.48. The van der Waals surface area contributed by atoms with Crippen LogP contribution in [-0.2, 0) is 6.54 Å². The summed E-state index contributed by atoms with van der Waals surface area (Å²) in [6.07, 6.45) is 0.979. The average Bonchev–Trinajstić information content (AvgIpc) is 2.68. The minimum atomic E-state index is 0.570. The summed E-state index contributed by atoms with van der Waals surface area (Å²) < 4.78 is 2.79. The van der Waals surface area contributed by atoms with Crippen molar-refractivity contribution in [2.75, 3.05) is 5.73 Å². The Bertz CT molecular complexity index is 645. The van der Waals surface area contributed by atoms with E-state index >= 15 is 0 Å². The second-order valence-electron chi connectivity index (χ2n) is 4.63. The molecule has 0 saturated carbocycles. The van der Waals surface area contributed by atoms with Gasteiger partial charge in [-0.3, -0.25) is 0 Å². The van der Waals surface area contributed by atoms with Gasteiger partial charge in [-0.05, 0) is 38.0 Å². The van der Waals surface area contributed by atoms with Crippen molar-refractivity contribution in [1.82, 2.24) is 9.78 Å². The van der Waals surface area contributed by atoms with E-state index in [0.29, 0.717) is 11.5 Å². The highest BCUT2D eigenvalue weighted by Crippen LogP contribution is 2.31. The van der Waals surface area contributed by atoms with Crippen LogP contribution in [0.3, 0.4) is 0 Å². The number of halogens is 1. The number of azo groups is 1. The zero-order chi connectivity index (χ0) is 14.7. The molecule has 20 heavy (non-hydrogen) atoms. The van der Waals surface area contributed by atoms with Crippen LogP contribution in [0.2, 0.25) is 0 Å². The van der Waals surface area contributed by atoms with Crippen LogP contribution < -0.4 is 5.73 Å². The summed E-state index contributed by atoms with van der Waals surface area (Å²) in [6, 6.07) is 5.83. The number of nitrogens with zero attached hydrogens (tertiary/aromatic N) is 4. The molecule has 0 aliphatic carbocycles. The molecule has 0 spiro atoms. The summed E-state index contributed by atoms with van der Waals surface area (Å²) in [5.74, 6) is 0.570. The van der Waals surface area contributed by atoms with Gasteiger partial charge in [0.05, 0.1) is 11.4 Å². The zero-order valence-corrected chi connectivity index (χ0v) is 13.5. The van der Waals surface area contributed by atoms with Crippen LogP contribution in [0.4, 0.5) is 17.2 Å². The van der Waals surface area contributed by atoms with Gasteiger partial charge in [-0.25, -0.2) is 4.68 Å². The molecular weight excluding hydrogens is 318 g/mol. The third-order valence-electron chi connectivity index (χ3n) is 3.07. The van der Waals surface area contributed by atoms with E-state index in [-0.39, 0.29) is 0 Å². The highest BCUT2D eigenvalue weighted by Gasteiger charge is 2.11. The number of aryl methyl sites for hydroxylation is 2. The lowest BCUT2D eigenvalue weighted by Gasteiger charge is -2.01. The van der Waals surface area contributed by atoms with Crippen molar-refractivity contribution in [3.05, 3.63) is 33.9 Å². The Kier molecular flexibility index (Phi) is 4.54. The monoisotopic (exact) mass is 335 g/mol. The minimum absolute atomic E-state index is 0.570. The van der Waals surface area contributed by atoms with Gasteiger partial charge in [0.1, 0.15) is 5.82 Å². The summed E-state index contributed by atoms with van der Waals surface area (Å²) >= 11 is 3.48. The van der Waals surface area contributed by atoms with Gasteiger partial charge in [0, 0.05) is 11.0 Å². The minimum Gasteiger partial charge on any atom is -0.382 e. The third-order valence-corrected chi connectivity index (χ3v) is 3.93. The van der Waals surface area contributed by atoms with E-state index in [1.807, 2.05) is 32.0 Å². The van der Waals surface area contributed by atoms with Crippen molar-refractivity contribution in [1.29, 1.82) is 0 Å². The Morgan fingerprint density at radius 2 is 2.05 bits per heavy atom. The Balaban J connectivity index is 2.34. The van der Waals surface area contributed by atoms with Crippen molar-refractivity contribution in [3.63, 3.8) is 0 Å². The molecule has 1 aromatic heterocycles. The first-order valence-corrected chi connectivity index (χ1v) is 7.33. The molecule has 106 valence electrons. The van der Waals surface area contributed by atoms with Gasteiger partial charge in [0.2, 0.25) is 0 Å². The molecule has 0 saturated heterocycles. The Labute approximate surface area is 127 Å². The van der Waals surface area contributed by atoms with E-state index in [2.05, 4.69) is 38.2 Å². The molecule has 0 bridgehead atoms. The van der Waals surface area contributed by atoms with Gasteiger partial charge in [-0.15, -0.1) is 5.11 Å². The van der Waals surface area contributed by atoms with E-state index < -0.39 is 0 Å². The van der Waals surface area contributed by atoms with Crippen molar-refractivity contribution in [2.24, 2.45) is 10.2 Å². The lowest BCUT2D eigenvalue weighted by atomic mass is 10.2. The number of anilines is 1. The molecule has 0 aliphatic heterocycles. The van der Waals surface area contributed by atoms with Crippen LogP contribution >= 0.6 is 15.9 Å². The summed E-state index contributed by atoms with van der Waals surface area (Å²) in [6.45, 7) is 6.76. The van der Waals surface area contributed by atoms with Crippen molar-refractivity contribution >= 4 is 33.1 Å². The maximum Gasteiger partial charge on any atom is 0.150 e. The van der Waals surface area contributed by atoms with Gasteiger partial charge in [-0.2, -0.15) is 10.2 Å². The van der Waals surface area contributed by atoms with Crippen molar-refractivity contribution < 1.29 is 0 Å². The van der Waals surface area contributed by atoms with Crippen LogP contribution in [0.25, 0.3) is 0 Å². The number of benzene rings is 1. The van der Waals surface area contributed by atoms with Crippen LogP contribution in [0.15, 0.2) is 32.9 Å². The van der Waals surface area contributed by atoms with Crippen LogP contribution in [0.5, 0.6) is 0 Å². The molecule has 1 heterocycles. The number of rotatable bonds is 4. The zero-order valence-electron chi connectivity index (χ0n) is 11.9. The molecule has 0 fully saturated rings. The van der Waals surface area contributed by atoms with Gasteiger partial charge < -0.3 is 5.73 Å². The van der Waals surface area contributed by atoms with Gasteiger partial charge in [0.15, 0.2) is 5.69 Å². The average molecular weight is 336 g/mol. The topological polar surface area (TPSA) is 68.6 Å². The lowest BCUT2D eigenvalue weighted by molar-refractivity contribution is 0.606. The smallest absolute Gasteiger partial charge is 0.150 e. The van der Waals surface area contributed by atoms with E-state index in [1.54, 1.807) is 4.68 Å². The van der Waals surface area contributed by atoms with Crippen LogP contribution in [0, 0.1) is 13.8 Å². The van der Waals surface area contributed by atoms with Gasteiger partial charge >= 0.3 is 0 Å². The van der Waals surface area contributed by atoms with E-state index in [1.165, 1.54) is 0 Å². The predicted molar refractivity (Wildman–Crippen MR) is 84.7 cm³/mol. The Hall–Kier alpha value is -1.69. The molecule has 0 unspecified atom stereocenters. The molecule has 1 aromatic carbocycles. The quantitative estimate of drug-likeness (QED) is 0.824. The van der Waals surface area contributed by atoms with Crippen LogP contribution in [-0.4, -0.2) is 9.78 Å². The number of aromatic nitrogens is 2. The Morgan fingerprint density at radius 3 is 2.75 bits per heavy atom. The van der Waals surface area contributed by atoms with Crippen molar-refractivity contribution in [3.8, 4) is 0 Å². The van der Waals surface area contributed by atoms with E-state index in [9.17, 15) is 0 Å². The first-order chi connectivity index (χ1) is 9.54. The maximum absolute atomic E-state index is 6.06. The molecule has 6 heteroatoms. The van der Waals surface area contributed by atoms with Crippen molar-refractivity contribution in [2.45, 2.75) is 33.7 Å². The molecule has 2 aromatic rings. The van der Waals surface area contributed by atoms with E-state index in [4.69, 9.17) is 5.73 Å². The number of hydrogen-bond donors (Lipinski definition) is 1. The van der Waals surface area contributed by atoms with Gasteiger partial charge in [-0.1, -0.05) is 28.9 Å². The SMILES string of the molecule is CCCn1nc(C)c(N=Nc2cccc(Br)c2C)c1N. The Morgan fingerprint density at radius 1 is 1.30 bits per heavy atom. The first kappa shape index (κ1) is 14.7. The molecule has 0 amide bonds. The molecule has 5 nitrogen and oxygen atoms in total. The fourth-order valence-corrected chi connectivity index (χ4v) is 2.26. The number of nitrogens with two attached hydrogens (primary N) is 1. The number of hydrogen-bond acceptors (Lipinski definition) is 4. The molecule has 0 radical (unpaired) electrons. The first-order valence-electron chi connectivity index (χ1n) is 6.54. The summed E-state index contributed by atoms with van der Waals surface area (Å²) in [5.41, 5.74) is 9.38. The van der Waals surface area contributed by atoms with Gasteiger partial charge in [0.25, 0.3) is 0 Å². The molecular formula is C14H18BrN5.